The monoisotopic (exact) mass is 333 g/mol. The fraction of sp³-hybridized carbons (Fsp3) is 0.556. The maximum Gasteiger partial charge on any atom is 0.410 e. The van der Waals surface area contributed by atoms with E-state index >= 15 is 0 Å². The standard InChI is InChI=1S/C18H23NO5/c1-18(2)9-13-14(24-18)10-19(15(13)16(20)22-3)17(21)23-11-12-7-5-4-6-8-12/h4-8,13-15H,9-11H2,1-3H3/t13?,14-,15-/m0/s1. The average Bonchev–Trinajstić information content (AvgIpc) is 3.04. The zero-order chi connectivity index (χ0) is 17.3. The van der Waals surface area contributed by atoms with E-state index in [1.54, 1.807) is 0 Å². The highest BCUT2D eigenvalue weighted by atomic mass is 16.6. The summed E-state index contributed by atoms with van der Waals surface area (Å²) in [4.78, 5) is 26.2. The first kappa shape index (κ1) is 16.8. The van der Waals surface area contributed by atoms with E-state index in [2.05, 4.69) is 0 Å². The third kappa shape index (κ3) is 3.24. The molecule has 3 atom stereocenters. The first-order valence-corrected chi connectivity index (χ1v) is 8.14. The van der Waals surface area contributed by atoms with Gasteiger partial charge in [-0.25, -0.2) is 9.59 Å². The van der Waals surface area contributed by atoms with Gasteiger partial charge in [-0.2, -0.15) is 0 Å². The Bertz CT molecular complexity index is 615. The molecular weight excluding hydrogens is 310 g/mol. The Morgan fingerprint density at radius 1 is 1.29 bits per heavy atom. The van der Waals surface area contributed by atoms with E-state index in [-0.39, 0.29) is 24.2 Å². The van der Waals surface area contributed by atoms with E-state index in [0.29, 0.717) is 13.0 Å². The molecule has 2 aliphatic rings. The number of likely N-dealkylation sites (tertiary alicyclic amines) is 1. The Labute approximate surface area is 141 Å². The van der Waals surface area contributed by atoms with Gasteiger partial charge in [-0.15, -0.1) is 0 Å². The molecule has 0 bridgehead atoms. The highest BCUT2D eigenvalue weighted by Crippen LogP contribution is 2.43. The lowest BCUT2D eigenvalue weighted by Gasteiger charge is -2.27. The Morgan fingerprint density at radius 3 is 2.67 bits per heavy atom. The molecule has 2 aliphatic heterocycles. The van der Waals surface area contributed by atoms with E-state index in [9.17, 15) is 9.59 Å². The predicted octanol–water partition coefficient (Wildman–Crippen LogP) is 2.36. The van der Waals surface area contributed by atoms with Gasteiger partial charge in [0.2, 0.25) is 0 Å². The minimum absolute atomic E-state index is 0.0586. The largest absolute Gasteiger partial charge is 0.467 e. The number of benzene rings is 1. The zero-order valence-corrected chi connectivity index (χ0v) is 14.2. The summed E-state index contributed by atoms with van der Waals surface area (Å²) < 4.78 is 16.3. The van der Waals surface area contributed by atoms with Crippen molar-refractivity contribution in [3.63, 3.8) is 0 Å². The fourth-order valence-electron chi connectivity index (χ4n) is 3.68. The van der Waals surface area contributed by atoms with Gasteiger partial charge >= 0.3 is 12.1 Å². The van der Waals surface area contributed by atoms with E-state index in [1.165, 1.54) is 12.0 Å². The molecule has 3 rings (SSSR count). The molecule has 1 aromatic rings. The fourth-order valence-corrected chi connectivity index (χ4v) is 3.68. The first-order chi connectivity index (χ1) is 11.4. The Kier molecular flexibility index (Phi) is 4.49. The molecule has 2 heterocycles. The lowest BCUT2D eigenvalue weighted by molar-refractivity contribution is -0.146. The molecule has 0 aromatic heterocycles. The average molecular weight is 333 g/mol. The quantitative estimate of drug-likeness (QED) is 0.795. The van der Waals surface area contributed by atoms with Crippen LogP contribution in [0.2, 0.25) is 0 Å². The Balaban J connectivity index is 1.70. The number of ether oxygens (including phenoxy) is 3. The van der Waals surface area contributed by atoms with E-state index in [4.69, 9.17) is 14.2 Å². The number of nitrogens with zero attached hydrogens (tertiary/aromatic N) is 1. The molecular formula is C18H23NO5. The SMILES string of the molecule is COC(=O)[C@@H]1C2CC(C)(C)O[C@H]2CN1C(=O)OCc1ccccc1. The summed E-state index contributed by atoms with van der Waals surface area (Å²) in [5.41, 5.74) is 0.610. The highest BCUT2D eigenvalue weighted by Gasteiger charge is 2.56. The van der Waals surface area contributed by atoms with E-state index in [0.717, 1.165) is 5.56 Å². The van der Waals surface area contributed by atoms with Crippen molar-refractivity contribution < 1.29 is 23.8 Å². The van der Waals surface area contributed by atoms with Crippen LogP contribution in [-0.2, 0) is 25.6 Å². The number of fused-ring (bicyclic) bond motifs is 1. The molecule has 6 nitrogen and oxygen atoms in total. The van der Waals surface area contributed by atoms with Crippen molar-refractivity contribution >= 4 is 12.1 Å². The van der Waals surface area contributed by atoms with Gasteiger partial charge in [0.15, 0.2) is 0 Å². The molecule has 1 unspecified atom stereocenters. The van der Waals surface area contributed by atoms with Gasteiger partial charge in [-0.05, 0) is 25.8 Å². The van der Waals surface area contributed by atoms with Crippen molar-refractivity contribution in [3.05, 3.63) is 35.9 Å². The molecule has 0 saturated carbocycles. The number of rotatable bonds is 3. The van der Waals surface area contributed by atoms with Crippen molar-refractivity contribution in [2.24, 2.45) is 5.92 Å². The van der Waals surface area contributed by atoms with Crippen LogP contribution in [0.15, 0.2) is 30.3 Å². The number of methoxy groups -OCH3 is 1. The second-order valence-electron chi connectivity index (χ2n) is 6.94. The Hall–Kier alpha value is -2.08. The van der Waals surface area contributed by atoms with Crippen LogP contribution >= 0.6 is 0 Å². The summed E-state index contributed by atoms with van der Waals surface area (Å²) in [5, 5.41) is 0. The summed E-state index contributed by atoms with van der Waals surface area (Å²) in [6.45, 7) is 4.52. The third-order valence-corrected chi connectivity index (χ3v) is 4.68. The van der Waals surface area contributed by atoms with Crippen molar-refractivity contribution in [2.75, 3.05) is 13.7 Å². The summed E-state index contributed by atoms with van der Waals surface area (Å²) in [7, 11) is 1.34. The maximum absolute atomic E-state index is 12.5. The summed E-state index contributed by atoms with van der Waals surface area (Å²) >= 11 is 0. The molecule has 6 heteroatoms. The van der Waals surface area contributed by atoms with Crippen LogP contribution in [0.3, 0.4) is 0 Å². The normalized spacial score (nSPS) is 27.6. The van der Waals surface area contributed by atoms with Gasteiger partial charge in [0.05, 0.1) is 25.4 Å². The van der Waals surface area contributed by atoms with Gasteiger partial charge in [0, 0.05) is 5.92 Å². The number of hydrogen-bond donors (Lipinski definition) is 0. The molecule has 2 saturated heterocycles. The van der Waals surface area contributed by atoms with Crippen molar-refractivity contribution in [3.8, 4) is 0 Å². The van der Waals surface area contributed by atoms with Crippen LogP contribution < -0.4 is 0 Å². The van der Waals surface area contributed by atoms with Gasteiger partial charge in [0.1, 0.15) is 12.6 Å². The molecule has 0 spiro atoms. The summed E-state index contributed by atoms with van der Waals surface area (Å²) in [5.74, 6) is -0.475. The predicted molar refractivity (Wildman–Crippen MR) is 86.2 cm³/mol. The summed E-state index contributed by atoms with van der Waals surface area (Å²) in [6.07, 6.45) is 0.0401. The molecule has 24 heavy (non-hydrogen) atoms. The summed E-state index contributed by atoms with van der Waals surface area (Å²) in [6, 6.07) is 8.79. The molecule has 2 fully saturated rings. The number of amides is 1. The van der Waals surface area contributed by atoms with Gasteiger partial charge in [-0.3, -0.25) is 4.90 Å². The molecule has 130 valence electrons. The van der Waals surface area contributed by atoms with Crippen LogP contribution in [0.25, 0.3) is 0 Å². The number of hydrogen-bond acceptors (Lipinski definition) is 5. The second-order valence-corrected chi connectivity index (χ2v) is 6.94. The molecule has 0 N–H and O–H groups in total. The van der Waals surface area contributed by atoms with Crippen LogP contribution in [0.5, 0.6) is 0 Å². The van der Waals surface area contributed by atoms with Crippen LogP contribution in [0, 0.1) is 5.92 Å². The van der Waals surface area contributed by atoms with E-state index < -0.39 is 18.1 Å². The van der Waals surface area contributed by atoms with Crippen molar-refractivity contribution in [1.82, 2.24) is 4.90 Å². The number of carbonyl (C=O) groups excluding carboxylic acids is 2. The topological polar surface area (TPSA) is 65.1 Å². The molecule has 1 amide bonds. The first-order valence-electron chi connectivity index (χ1n) is 8.14. The number of esters is 1. The van der Waals surface area contributed by atoms with Crippen molar-refractivity contribution in [2.45, 2.75) is 44.6 Å². The van der Waals surface area contributed by atoms with Crippen LogP contribution in [0.1, 0.15) is 25.8 Å². The maximum atomic E-state index is 12.5. The lowest BCUT2D eigenvalue weighted by atomic mass is 9.90. The Morgan fingerprint density at radius 2 is 2.00 bits per heavy atom. The van der Waals surface area contributed by atoms with Crippen molar-refractivity contribution in [1.29, 1.82) is 0 Å². The number of carbonyl (C=O) groups is 2. The van der Waals surface area contributed by atoms with Crippen LogP contribution in [-0.4, -0.2) is 48.4 Å². The minimum Gasteiger partial charge on any atom is -0.467 e. The molecule has 0 aliphatic carbocycles. The van der Waals surface area contributed by atoms with Gasteiger partial charge in [-0.1, -0.05) is 30.3 Å². The van der Waals surface area contributed by atoms with E-state index in [1.807, 2.05) is 44.2 Å². The highest BCUT2D eigenvalue weighted by molar-refractivity contribution is 5.82. The minimum atomic E-state index is -0.648. The van der Waals surface area contributed by atoms with Crippen LogP contribution in [0.4, 0.5) is 4.79 Å². The van der Waals surface area contributed by atoms with Gasteiger partial charge < -0.3 is 14.2 Å². The van der Waals surface area contributed by atoms with Gasteiger partial charge in [0.25, 0.3) is 0 Å². The third-order valence-electron chi connectivity index (χ3n) is 4.68. The smallest absolute Gasteiger partial charge is 0.410 e. The zero-order valence-electron chi connectivity index (χ0n) is 14.2. The second kappa shape index (κ2) is 6.43. The molecule has 0 radical (unpaired) electrons. The molecule has 1 aromatic carbocycles. The lowest BCUT2D eigenvalue weighted by Crippen LogP contribution is -2.45.